The molecule has 1 heterocycles. The Balaban J connectivity index is 2.55. The first kappa shape index (κ1) is 12.0. The van der Waals surface area contributed by atoms with Crippen molar-refractivity contribution in [2.24, 2.45) is 11.7 Å². The van der Waals surface area contributed by atoms with Crippen LogP contribution in [0.5, 0.6) is 0 Å². The highest BCUT2D eigenvalue weighted by atomic mass is 19.1. The summed E-state index contributed by atoms with van der Waals surface area (Å²) in [7, 11) is 0. The molecule has 17 heavy (non-hydrogen) atoms. The molecule has 0 fully saturated rings. The van der Waals surface area contributed by atoms with Crippen molar-refractivity contribution in [1.29, 1.82) is 0 Å². The second-order valence-corrected chi connectivity index (χ2v) is 4.63. The summed E-state index contributed by atoms with van der Waals surface area (Å²) >= 11 is 0. The number of aryl methyl sites for hydroxylation is 1. The fourth-order valence-electron chi connectivity index (χ4n) is 2.04. The van der Waals surface area contributed by atoms with Crippen LogP contribution in [0.3, 0.4) is 0 Å². The Morgan fingerprint density at radius 2 is 2.12 bits per heavy atom. The second-order valence-electron chi connectivity index (χ2n) is 4.63. The quantitative estimate of drug-likeness (QED) is 0.883. The topological polar surface area (TPSA) is 38.9 Å². The van der Waals surface area contributed by atoms with Gasteiger partial charge in [-0.1, -0.05) is 6.92 Å². The van der Waals surface area contributed by atoms with Gasteiger partial charge < -0.3 is 5.73 Å². The lowest BCUT2D eigenvalue weighted by molar-refractivity contribution is 0.594. The smallest absolute Gasteiger partial charge is 0.123 e. The molecule has 2 nitrogen and oxygen atoms in total. The summed E-state index contributed by atoms with van der Waals surface area (Å²) < 4.78 is 13.3. The minimum Gasteiger partial charge on any atom is -0.330 e. The highest BCUT2D eigenvalue weighted by Gasteiger charge is 2.08. The third-order valence-electron chi connectivity index (χ3n) is 2.96. The highest BCUT2D eigenvalue weighted by molar-refractivity contribution is 5.82. The minimum absolute atomic E-state index is 0.218. The van der Waals surface area contributed by atoms with Gasteiger partial charge in [0.15, 0.2) is 0 Å². The number of aromatic nitrogens is 1. The molecule has 1 unspecified atom stereocenters. The predicted octanol–water partition coefficient (Wildman–Crippen LogP) is 2.82. The zero-order valence-electron chi connectivity index (χ0n) is 10.2. The van der Waals surface area contributed by atoms with E-state index < -0.39 is 0 Å². The number of halogens is 1. The monoisotopic (exact) mass is 232 g/mol. The summed E-state index contributed by atoms with van der Waals surface area (Å²) in [6, 6.07) is 6.76. The lowest BCUT2D eigenvalue weighted by Gasteiger charge is -2.12. The Morgan fingerprint density at radius 1 is 1.35 bits per heavy atom. The minimum atomic E-state index is -0.218. The van der Waals surface area contributed by atoms with Gasteiger partial charge >= 0.3 is 0 Å². The Kier molecular flexibility index (Phi) is 3.38. The van der Waals surface area contributed by atoms with Gasteiger partial charge in [-0.25, -0.2) is 4.39 Å². The first-order chi connectivity index (χ1) is 8.10. The fourth-order valence-corrected chi connectivity index (χ4v) is 2.04. The van der Waals surface area contributed by atoms with Crippen molar-refractivity contribution in [3.05, 3.63) is 41.3 Å². The first-order valence-corrected chi connectivity index (χ1v) is 5.86. The molecule has 1 aromatic heterocycles. The van der Waals surface area contributed by atoms with Crippen LogP contribution in [-0.4, -0.2) is 11.5 Å². The van der Waals surface area contributed by atoms with Crippen LogP contribution in [-0.2, 0) is 6.42 Å². The Labute approximate surface area is 101 Å². The third-order valence-corrected chi connectivity index (χ3v) is 2.96. The van der Waals surface area contributed by atoms with Gasteiger partial charge in [0.2, 0.25) is 0 Å². The molecule has 0 aliphatic rings. The van der Waals surface area contributed by atoms with Crippen LogP contribution >= 0.6 is 0 Å². The van der Waals surface area contributed by atoms with Crippen LogP contribution in [0.1, 0.15) is 18.2 Å². The normalized spacial score (nSPS) is 12.9. The number of nitrogens with zero attached hydrogens (tertiary/aromatic N) is 1. The van der Waals surface area contributed by atoms with Gasteiger partial charge in [-0.2, -0.15) is 0 Å². The zero-order chi connectivity index (χ0) is 12.4. The molecule has 2 aromatic rings. The maximum atomic E-state index is 13.3. The van der Waals surface area contributed by atoms with Crippen LogP contribution in [0.15, 0.2) is 24.3 Å². The molecule has 0 radical (unpaired) electrons. The first-order valence-electron chi connectivity index (χ1n) is 5.86. The van der Waals surface area contributed by atoms with E-state index in [9.17, 15) is 4.39 Å². The van der Waals surface area contributed by atoms with Crippen molar-refractivity contribution >= 4 is 10.9 Å². The van der Waals surface area contributed by atoms with E-state index in [2.05, 4.69) is 11.9 Å². The number of hydrogen-bond donors (Lipinski definition) is 1. The number of fused-ring (bicyclic) bond motifs is 1. The SMILES string of the molecule is Cc1cc(CC(C)CN)c2cc(F)ccc2n1. The van der Waals surface area contributed by atoms with Gasteiger partial charge in [-0.15, -0.1) is 0 Å². The average molecular weight is 232 g/mol. The lowest BCUT2D eigenvalue weighted by Crippen LogP contribution is -2.13. The molecule has 1 aromatic carbocycles. The predicted molar refractivity (Wildman–Crippen MR) is 68.4 cm³/mol. The van der Waals surface area contributed by atoms with Crippen LogP contribution in [0.2, 0.25) is 0 Å². The summed E-state index contributed by atoms with van der Waals surface area (Å²) in [6.45, 7) is 4.69. The van der Waals surface area contributed by atoms with Crippen LogP contribution in [0.4, 0.5) is 4.39 Å². The second kappa shape index (κ2) is 4.80. The Morgan fingerprint density at radius 3 is 2.82 bits per heavy atom. The van der Waals surface area contributed by atoms with Crippen molar-refractivity contribution in [1.82, 2.24) is 4.98 Å². The molecular formula is C14H17FN2. The molecule has 90 valence electrons. The van der Waals surface area contributed by atoms with Crippen molar-refractivity contribution in [2.45, 2.75) is 20.3 Å². The molecule has 2 N–H and O–H groups in total. The number of pyridine rings is 1. The van der Waals surface area contributed by atoms with Gasteiger partial charge in [-0.3, -0.25) is 4.98 Å². The Bertz CT molecular complexity index is 537. The van der Waals surface area contributed by atoms with Gasteiger partial charge in [0.1, 0.15) is 5.82 Å². The molecule has 0 spiro atoms. The molecule has 0 saturated carbocycles. The van der Waals surface area contributed by atoms with E-state index in [1.54, 1.807) is 12.1 Å². The molecule has 0 aliphatic carbocycles. The molecule has 3 heteroatoms. The van der Waals surface area contributed by atoms with Gasteiger partial charge in [-0.05, 0) is 55.6 Å². The summed E-state index contributed by atoms with van der Waals surface area (Å²) in [5.74, 6) is 0.174. The molecule has 0 aliphatic heterocycles. The number of rotatable bonds is 3. The maximum absolute atomic E-state index is 13.3. The standard InChI is InChI=1S/C14H17FN2/c1-9(8-16)5-11-6-10(2)17-14-4-3-12(15)7-13(11)14/h3-4,6-7,9H,5,8,16H2,1-2H3. The molecule has 0 bridgehead atoms. The molecular weight excluding hydrogens is 215 g/mol. The lowest BCUT2D eigenvalue weighted by atomic mass is 9.97. The van der Waals surface area contributed by atoms with Gasteiger partial charge in [0, 0.05) is 11.1 Å². The number of nitrogens with two attached hydrogens (primary N) is 1. The van der Waals surface area contributed by atoms with E-state index in [4.69, 9.17) is 5.73 Å². The summed E-state index contributed by atoms with van der Waals surface area (Å²) in [5.41, 5.74) is 8.59. The summed E-state index contributed by atoms with van der Waals surface area (Å²) in [6.07, 6.45) is 0.861. The zero-order valence-corrected chi connectivity index (χ0v) is 10.2. The van der Waals surface area contributed by atoms with Crippen molar-refractivity contribution < 1.29 is 4.39 Å². The van der Waals surface area contributed by atoms with Gasteiger partial charge in [0.05, 0.1) is 5.52 Å². The number of hydrogen-bond acceptors (Lipinski definition) is 2. The largest absolute Gasteiger partial charge is 0.330 e. The molecule has 0 saturated heterocycles. The van der Waals surface area contributed by atoms with E-state index in [0.717, 1.165) is 28.6 Å². The van der Waals surface area contributed by atoms with E-state index in [-0.39, 0.29) is 5.82 Å². The van der Waals surface area contributed by atoms with Crippen LogP contribution < -0.4 is 5.73 Å². The third kappa shape index (κ3) is 2.61. The fraction of sp³-hybridized carbons (Fsp3) is 0.357. The average Bonchev–Trinajstić information content (AvgIpc) is 2.29. The highest BCUT2D eigenvalue weighted by Crippen LogP contribution is 2.22. The van der Waals surface area contributed by atoms with Crippen molar-refractivity contribution in [3.8, 4) is 0 Å². The van der Waals surface area contributed by atoms with Crippen LogP contribution in [0.25, 0.3) is 10.9 Å². The summed E-state index contributed by atoms with van der Waals surface area (Å²) in [4.78, 5) is 4.41. The van der Waals surface area contributed by atoms with Crippen molar-refractivity contribution in [3.63, 3.8) is 0 Å². The van der Waals surface area contributed by atoms with Crippen LogP contribution in [0, 0.1) is 18.7 Å². The molecule has 0 amide bonds. The van der Waals surface area contributed by atoms with E-state index in [1.807, 2.05) is 13.0 Å². The van der Waals surface area contributed by atoms with Crippen molar-refractivity contribution in [2.75, 3.05) is 6.54 Å². The molecule has 2 rings (SSSR count). The van der Waals surface area contributed by atoms with E-state index >= 15 is 0 Å². The summed E-state index contributed by atoms with van der Waals surface area (Å²) in [5, 5.41) is 0.899. The Hall–Kier alpha value is -1.48. The van der Waals surface area contributed by atoms with E-state index in [1.165, 1.54) is 6.07 Å². The maximum Gasteiger partial charge on any atom is 0.123 e. The molecule has 1 atom stereocenters. The van der Waals surface area contributed by atoms with Gasteiger partial charge in [0.25, 0.3) is 0 Å². The number of benzene rings is 1. The van der Waals surface area contributed by atoms with E-state index in [0.29, 0.717) is 12.5 Å².